The Kier molecular flexibility index (Phi) is 4.07. The van der Waals surface area contributed by atoms with Gasteiger partial charge in [0.05, 0.1) is 36.6 Å². The summed E-state index contributed by atoms with van der Waals surface area (Å²) in [4.78, 5) is 35.8. The maximum atomic E-state index is 12.3. The summed E-state index contributed by atoms with van der Waals surface area (Å²) in [6, 6.07) is 5.21. The maximum absolute atomic E-state index is 12.3. The Bertz CT molecular complexity index is 884. The van der Waals surface area contributed by atoms with Crippen LogP contribution < -0.4 is 5.32 Å². The number of imidazole rings is 1. The van der Waals surface area contributed by atoms with E-state index in [1.54, 1.807) is 31.5 Å². The fraction of sp³-hybridized carbons (Fsp3) is 0.200. The largest absolute Gasteiger partial charge is 0.469 e. The lowest BCUT2D eigenvalue weighted by Gasteiger charge is -2.01. The minimum atomic E-state index is -0.334. The number of esters is 1. The van der Waals surface area contributed by atoms with E-state index >= 15 is 0 Å². The Balaban J connectivity index is 1.77. The molecule has 0 bridgehead atoms. The molecule has 1 amide bonds. The molecule has 0 aliphatic carbocycles. The zero-order chi connectivity index (χ0) is 16.4. The minimum absolute atomic E-state index is 0.149. The van der Waals surface area contributed by atoms with Crippen molar-refractivity contribution in [3.05, 3.63) is 40.7 Å². The summed E-state index contributed by atoms with van der Waals surface area (Å²) >= 11 is 1.27. The van der Waals surface area contributed by atoms with Crippen LogP contribution in [0, 0.1) is 6.92 Å². The Morgan fingerprint density at radius 2 is 2.22 bits per heavy atom. The topological polar surface area (TPSA) is 97.0 Å². The zero-order valence-electron chi connectivity index (χ0n) is 12.5. The van der Waals surface area contributed by atoms with Crippen molar-refractivity contribution in [2.75, 3.05) is 12.4 Å². The van der Waals surface area contributed by atoms with Crippen molar-refractivity contribution >= 4 is 39.4 Å². The summed E-state index contributed by atoms with van der Waals surface area (Å²) in [6.45, 7) is 1.79. The van der Waals surface area contributed by atoms with Crippen LogP contribution in [0.2, 0.25) is 0 Å². The van der Waals surface area contributed by atoms with Gasteiger partial charge in [-0.2, -0.15) is 0 Å². The van der Waals surface area contributed by atoms with E-state index in [2.05, 4.69) is 25.0 Å². The molecule has 0 aliphatic rings. The number of rotatable bonds is 4. The molecule has 23 heavy (non-hydrogen) atoms. The molecule has 0 atom stereocenters. The second-order valence-electron chi connectivity index (χ2n) is 4.87. The second-order valence-corrected chi connectivity index (χ2v) is 5.95. The molecule has 0 fully saturated rings. The fourth-order valence-corrected chi connectivity index (χ4v) is 3.04. The number of carbonyl (C=O) groups excluding carboxylic acids is 2. The number of benzene rings is 1. The number of nitrogens with zero attached hydrogens (tertiary/aromatic N) is 2. The van der Waals surface area contributed by atoms with Crippen LogP contribution in [0.5, 0.6) is 0 Å². The number of hydrogen-bond acceptors (Lipinski definition) is 6. The summed E-state index contributed by atoms with van der Waals surface area (Å²) in [5.74, 6) is -0.598. The van der Waals surface area contributed by atoms with E-state index in [0.29, 0.717) is 16.4 Å². The van der Waals surface area contributed by atoms with Crippen molar-refractivity contribution in [1.29, 1.82) is 0 Å². The van der Waals surface area contributed by atoms with Crippen molar-refractivity contribution in [3.63, 3.8) is 0 Å². The monoisotopic (exact) mass is 330 g/mol. The van der Waals surface area contributed by atoms with E-state index in [-0.39, 0.29) is 18.3 Å². The van der Waals surface area contributed by atoms with E-state index in [1.807, 2.05) is 0 Å². The van der Waals surface area contributed by atoms with Crippen molar-refractivity contribution in [3.8, 4) is 0 Å². The standard InChI is InChI=1S/C15H14N4O3S/c1-8-12(6-13(20)22-2)23-15(18-8)19-14(21)9-3-4-10-11(5-9)17-7-16-10/h3-5,7H,6H2,1-2H3,(H,16,17)(H,18,19,21). The van der Waals surface area contributed by atoms with Crippen LogP contribution in [0.15, 0.2) is 24.5 Å². The molecule has 0 aliphatic heterocycles. The average molecular weight is 330 g/mol. The van der Waals surface area contributed by atoms with E-state index in [0.717, 1.165) is 15.9 Å². The molecule has 1 aromatic carbocycles. The molecule has 0 unspecified atom stereocenters. The number of ether oxygens (including phenoxy) is 1. The van der Waals surface area contributed by atoms with Crippen molar-refractivity contribution in [2.45, 2.75) is 13.3 Å². The molecular formula is C15H14N4O3S. The number of methoxy groups -OCH3 is 1. The highest BCUT2D eigenvalue weighted by atomic mass is 32.1. The lowest BCUT2D eigenvalue weighted by molar-refractivity contribution is -0.139. The van der Waals surface area contributed by atoms with Crippen LogP contribution in [0.4, 0.5) is 5.13 Å². The minimum Gasteiger partial charge on any atom is -0.469 e. The number of aryl methyl sites for hydroxylation is 1. The van der Waals surface area contributed by atoms with Crippen molar-refractivity contribution in [2.24, 2.45) is 0 Å². The highest BCUT2D eigenvalue weighted by Gasteiger charge is 2.15. The van der Waals surface area contributed by atoms with Crippen LogP contribution in [0.1, 0.15) is 20.9 Å². The van der Waals surface area contributed by atoms with Gasteiger partial charge < -0.3 is 9.72 Å². The molecule has 2 N–H and O–H groups in total. The molecule has 0 saturated carbocycles. The number of hydrogen-bond donors (Lipinski definition) is 2. The van der Waals surface area contributed by atoms with Crippen molar-refractivity contribution in [1.82, 2.24) is 15.0 Å². The third-order valence-electron chi connectivity index (χ3n) is 3.33. The predicted octanol–water partition coefficient (Wildman–Crippen LogP) is 2.30. The summed E-state index contributed by atoms with van der Waals surface area (Å²) in [7, 11) is 1.34. The zero-order valence-corrected chi connectivity index (χ0v) is 13.4. The van der Waals surface area contributed by atoms with E-state index < -0.39 is 0 Å². The Morgan fingerprint density at radius 3 is 3.00 bits per heavy atom. The highest BCUT2D eigenvalue weighted by molar-refractivity contribution is 7.16. The first kappa shape index (κ1) is 15.2. The first-order chi connectivity index (χ1) is 11.1. The van der Waals surface area contributed by atoms with Gasteiger partial charge in [-0.3, -0.25) is 14.9 Å². The molecule has 7 nitrogen and oxygen atoms in total. The molecule has 3 rings (SSSR count). The number of carbonyl (C=O) groups is 2. The van der Waals surface area contributed by atoms with Gasteiger partial charge in [-0.1, -0.05) is 0 Å². The van der Waals surface area contributed by atoms with Gasteiger partial charge in [0.1, 0.15) is 0 Å². The number of amides is 1. The number of H-pyrrole nitrogens is 1. The van der Waals surface area contributed by atoms with Crippen LogP contribution >= 0.6 is 11.3 Å². The van der Waals surface area contributed by atoms with Gasteiger partial charge in [0.15, 0.2) is 5.13 Å². The fourth-order valence-electron chi connectivity index (χ4n) is 2.09. The number of anilines is 1. The van der Waals surface area contributed by atoms with Gasteiger partial charge in [0.25, 0.3) is 5.91 Å². The first-order valence-electron chi connectivity index (χ1n) is 6.84. The number of aromatic nitrogens is 3. The molecule has 0 radical (unpaired) electrons. The lowest BCUT2D eigenvalue weighted by Crippen LogP contribution is -2.11. The average Bonchev–Trinajstić information content (AvgIpc) is 3.13. The third-order valence-corrected chi connectivity index (χ3v) is 4.40. The van der Waals surface area contributed by atoms with Gasteiger partial charge in [-0.05, 0) is 25.1 Å². The quantitative estimate of drug-likeness (QED) is 0.715. The number of thiazole rings is 1. The molecule has 3 aromatic rings. The van der Waals surface area contributed by atoms with Gasteiger partial charge in [0, 0.05) is 10.4 Å². The van der Waals surface area contributed by atoms with Gasteiger partial charge >= 0.3 is 5.97 Å². The smallest absolute Gasteiger partial charge is 0.310 e. The van der Waals surface area contributed by atoms with Gasteiger partial charge in [-0.25, -0.2) is 9.97 Å². The molecule has 2 aromatic heterocycles. The third kappa shape index (κ3) is 3.21. The molecular weight excluding hydrogens is 316 g/mol. The second kappa shape index (κ2) is 6.17. The van der Waals surface area contributed by atoms with Crippen LogP contribution in [-0.2, 0) is 16.0 Å². The van der Waals surface area contributed by atoms with Gasteiger partial charge in [0.2, 0.25) is 0 Å². The van der Waals surface area contributed by atoms with E-state index in [1.165, 1.54) is 18.4 Å². The first-order valence-corrected chi connectivity index (χ1v) is 7.66. The molecule has 0 saturated heterocycles. The molecule has 2 heterocycles. The molecule has 8 heteroatoms. The van der Waals surface area contributed by atoms with Crippen LogP contribution in [-0.4, -0.2) is 33.9 Å². The Morgan fingerprint density at radius 1 is 1.39 bits per heavy atom. The number of fused-ring (bicyclic) bond motifs is 1. The molecule has 118 valence electrons. The lowest BCUT2D eigenvalue weighted by atomic mass is 10.2. The Labute approximate surface area is 135 Å². The summed E-state index contributed by atoms with van der Waals surface area (Å²) in [5, 5.41) is 3.20. The van der Waals surface area contributed by atoms with Crippen LogP contribution in [0.3, 0.4) is 0 Å². The van der Waals surface area contributed by atoms with Crippen LogP contribution in [0.25, 0.3) is 11.0 Å². The maximum Gasteiger partial charge on any atom is 0.310 e. The summed E-state index contributed by atoms with van der Waals surface area (Å²) in [6.07, 6.45) is 1.73. The van der Waals surface area contributed by atoms with Crippen molar-refractivity contribution < 1.29 is 14.3 Å². The van der Waals surface area contributed by atoms with E-state index in [9.17, 15) is 9.59 Å². The predicted molar refractivity (Wildman–Crippen MR) is 86.6 cm³/mol. The summed E-state index contributed by atoms with van der Waals surface area (Å²) < 4.78 is 4.65. The Hall–Kier alpha value is -2.74. The van der Waals surface area contributed by atoms with E-state index in [4.69, 9.17) is 0 Å². The molecule has 0 spiro atoms. The highest BCUT2D eigenvalue weighted by Crippen LogP contribution is 2.24. The van der Waals surface area contributed by atoms with Gasteiger partial charge in [-0.15, -0.1) is 11.3 Å². The number of aromatic amines is 1. The number of nitrogens with one attached hydrogen (secondary N) is 2. The normalized spacial score (nSPS) is 10.7. The SMILES string of the molecule is COC(=O)Cc1sc(NC(=O)c2ccc3nc[nH]c3c2)nc1C. The summed E-state index contributed by atoms with van der Waals surface area (Å²) in [5.41, 5.74) is 2.80.